The van der Waals surface area contributed by atoms with Gasteiger partial charge in [0.2, 0.25) is 0 Å². The Balaban J connectivity index is 1.72. The average molecular weight is 423 g/mol. The van der Waals surface area contributed by atoms with Gasteiger partial charge in [0.05, 0.1) is 42.0 Å². The number of benzene rings is 1. The largest absolute Gasteiger partial charge is 0.391 e. The molecule has 2 heterocycles. The zero-order valence-electron chi connectivity index (χ0n) is 15.8. The Morgan fingerprint density at radius 1 is 1.33 bits per heavy atom. The number of nitriles is 1. The fourth-order valence-corrected chi connectivity index (χ4v) is 3.05. The molecule has 1 aromatic heterocycles. The Hall–Kier alpha value is -3.42. The lowest BCUT2D eigenvalue weighted by molar-refractivity contribution is -0.168. The number of nitrogens with zero attached hydrogens (tertiary/aromatic N) is 4. The first-order valence-electron chi connectivity index (χ1n) is 9.00. The van der Waals surface area contributed by atoms with Crippen LogP contribution in [0, 0.1) is 23.1 Å². The van der Waals surface area contributed by atoms with Gasteiger partial charge in [-0.1, -0.05) is 6.92 Å². The first kappa shape index (κ1) is 21.3. The van der Waals surface area contributed by atoms with Crippen LogP contribution >= 0.6 is 0 Å². The highest BCUT2D eigenvalue weighted by Gasteiger charge is 2.38. The van der Waals surface area contributed by atoms with Crippen molar-refractivity contribution in [2.75, 3.05) is 11.9 Å². The lowest BCUT2D eigenvalue weighted by Crippen LogP contribution is -2.41. The monoisotopic (exact) mass is 423 g/mol. The molecule has 1 aromatic carbocycles. The fraction of sp³-hybridized carbons (Fsp3) is 0.368. The van der Waals surface area contributed by atoms with Crippen molar-refractivity contribution in [2.24, 2.45) is 5.92 Å². The second kappa shape index (κ2) is 8.14. The number of carbonyl (C=O) groups is 2. The third-order valence-electron chi connectivity index (χ3n) is 4.85. The van der Waals surface area contributed by atoms with E-state index < -0.39 is 36.1 Å². The number of anilines is 1. The van der Waals surface area contributed by atoms with Crippen molar-refractivity contribution in [3.8, 4) is 6.07 Å². The SMILES string of the molecule is C[C@@H](CC(=O)c1cnn2c1CN(C(=O)Nc1ccc(F)c(C#N)c1)CC2)C(F)(F)F. The molecule has 1 aliphatic rings. The minimum absolute atomic E-state index is 0.0282. The lowest BCUT2D eigenvalue weighted by atomic mass is 9.99. The summed E-state index contributed by atoms with van der Waals surface area (Å²) in [5.41, 5.74) is 0.397. The van der Waals surface area contributed by atoms with Gasteiger partial charge in [-0.2, -0.15) is 23.5 Å². The Bertz CT molecular complexity index is 1020. The van der Waals surface area contributed by atoms with Crippen LogP contribution in [0.4, 0.5) is 28.0 Å². The summed E-state index contributed by atoms with van der Waals surface area (Å²) in [4.78, 5) is 26.3. The number of Topliss-reactive ketones (excluding diaryl/α,β-unsaturated/α-hetero) is 1. The highest BCUT2D eigenvalue weighted by Crippen LogP contribution is 2.30. The van der Waals surface area contributed by atoms with E-state index in [2.05, 4.69) is 10.4 Å². The van der Waals surface area contributed by atoms with Crippen LogP contribution in [0.3, 0.4) is 0 Å². The number of amides is 2. The molecular weight excluding hydrogens is 406 g/mol. The van der Waals surface area contributed by atoms with E-state index in [1.807, 2.05) is 0 Å². The highest BCUT2D eigenvalue weighted by atomic mass is 19.4. The van der Waals surface area contributed by atoms with Crippen LogP contribution in [0.15, 0.2) is 24.4 Å². The molecule has 1 N–H and O–H groups in total. The molecular formula is C19H17F4N5O2. The van der Waals surface area contributed by atoms with Gasteiger partial charge in [-0.05, 0) is 18.2 Å². The zero-order chi connectivity index (χ0) is 22.1. The summed E-state index contributed by atoms with van der Waals surface area (Å²) in [6.45, 7) is 1.42. The average Bonchev–Trinajstić information content (AvgIpc) is 3.11. The first-order valence-corrected chi connectivity index (χ1v) is 9.00. The lowest BCUT2D eigenvalue weighted by Gasteiger charge is -2.28. The van der Waals surface area contributed by atoms with Gasteiger partial charge in [0, 0.05) is 18.7 Å². The quantitative estimate of drug-likeness (QED) is 0.600. The molecule has 1 aliphatic heterocycles. The number of halogens is 4. The van der Waals surface area contributed by atoms with Gasteiger partial charge in [-0.3, -0.25) is 9.48 Å². The molecule has 0 spiro atoms. The maximum absolute atomic E-state index is 13.4. The summed E-state index contributed by atoms with van der Waals surface area (Å²) in [6, 6.07) is 4.66. The van der Waals surface area contributed by atoms with Crippen molar-refractivity contribution in [1.29, 1.82) is 5.26 Å². The van der Waals surface area contributed by atoms with Crippen molar-refractivity contribution >= 4 is 17.5 Å². The van der Waals surface area contributed by atoms with Crippen LogP contribution in [0.25, 0.3) is 0 Å². The second-order valence-electron chi connectivity index (χ2n) is 6.96. The third-order valence-corrected chi connectivity index (χ3v) is 4.85. The molecule has 158 valence electrons. The van der Waals surface area contributed by atoms with Crippen LogP contribution < -0.4 is 5.32 Å². The number of urea groups is 1. The van der Waals surface area contributed by atoms with Crippen LogP contribution in [-0.2, 0) is 13.1 Å². The molecule has 0 fully saturated rings. The Morgan fingerprint density at radius 2 is 2.07 bits per heavy atom. The van der Waals surface area contributed by atoms with Crippen LogP contribution in [0.2, 0.25) is 0 Å². The number of aromatic nitrogens is 2. The predicted molar refractivity (Wildman–Crippen MR) is 96.9 cm³/mol. The smallest absolute Gasteiger partial charge is 0.317 e. The highest BCUT2D eigenvalue weighted by molar-refractivity contribution is 5.97. The topological polar surface area (TPSA) is 91.0 Å². The molecule has 7 nitrogen and oxygen atoms in total. The number of alkyl halides is 3. The normalized spacial score (nSPS) is 14.6. The van der Waals surface area contributed by atoms with Gasteiger partial charge in [0.15, 0.2) is 5.78 Å². The number of carbonyl (C=O) groups excluding carboxylic acids is 2. The van der Waals surface area contributed by atoms with Gasteiger partial charge in [-0.25, -0.2) is 9.18 Å². The number of nitrogens with one attached hydrogen (secondary N) is 1. The van der Waals surface area contributed by atoms with Gasteiger partial charge >= 0.3 is 12.2 Å². The predicted octanol–water partition coefficient (Wildman–Crippen LogP) is 3.71. The molecule has 0 saturated carbocycles. The zero-order valence-corrected chi connectivity index (χ0v) is 15.8. The molecule has 0 bridgehead atoms. The van der Waals surface area contributed by atoms with Gasteiger partial charge < -0.3 is 10.2 Å². The molecule has 2 aromatic rings. The number of hydrogen-bond donors (Lipinski definition) is 1. The first-order chi connectivity index (χ1) is 14.1. The number of ketones is 1. The molecule has 3 rings (SSSR count). The van der Waals surface area contributed by atoms with Crippen molar-refractivity contribution in [1.82, 2.24) is 14.7 Å². The minimum Gasteiger partial charge on any atom is -0.317 e. The van der Waals surface area contributed by atoms with Gasteiger partial charge in [0.25, 0.3) is 0 Å². The maximum Gasteiger partial charge on any atom is 0.391 e. The van der Waals surface area contributed by atoms with E-state index in [0.717, 1.165) is 13.0 Å². The summed E-state index contributed by atoms with van der Waals surface area (Å²) < 4.78 is 53.2. The summed E-state index contributed by atoms with van der Waals surface area (Å²) in [5, 5.41) is 15.5. The minimum atomic E-state index is -4.48. The van der Waals surface area contributed by atoms with E-state index in [-0.39, 0.29) is 36.4 Å². The molecule has 0 saturated heterocycles. The van der Waals surface area contributed by atoms with E-state index in [1.165, 1.54) is 27.9 Å². The van der Waals surface area contributed by atoms with E-state index in [0.29, 0.717) is 5.69 Å². The van der Waals surface area contributed by atoms with E-state index >= 15 is 0 Å². The summed E-state index contributed by atoms with van der Waals surface area (Å²) in [7, 11) is 0. The summed E-state index contributed by atoms with van der Waals surface area (Å²) in [6.07, 6.45) is -3.96. The Labute approximate surface area is 168 Å². The molecule has 11 heteroatoms. The van der Waals surface area contributed by atoms with Gasteiger partial charge in [0.1, 0.15) is 11.9 Å². The van der Waals surface area contributed by atoms with Gasteiger partial charge in [-0.15, -0.1) is 0 Å². The number of hydrogen-bond acceptors (Lipinski definition) is 4. The van der Waals surface area contributed by atoms with Crippen molar-refractivity contribution in [3.05, 3.63) is 47.0 Å². The number of rotatable bonds is 4. The van der Waals surface area contributed by atoms with Crippen LogP contribution in [0.5, 0.6) is 0 Å². The van der Waals surface area contributed by atoms with E-state index in [1.54, 1.807) is 6.07 Å². The molecule has 1 atom stereocenters. The number of fused-ring (bicyclic) bond motifs is 1. The maximum atomic E-state index is 13.4. The Kier molecular flexibility index (Phi) is 5.78. The molecule has 0 radical (unpaired) electrons. The molecule has 0 aliphatic carbocycles. The second-order valence-corrected chi connectivity index (χ2v) is 6.96. The third kappa shape index (κ3) is 4.42. The summed E-state index contributed by atoms with van der Waals surface area (Å²) in [5.74, 6) is -3.20. The van der Waals surface area contributed by atoms with E-state index in [9.17, 15) is 27.2 Å². The van der Waals surface area contributed by atoms with Crippen LogP contribution in [-0.4, -0.2) is 39.2 Å². The Morgan fingerprint density at radius 3 is 2.73 bits per heavy atom. The van der Waals surface area contributed by atoms with Crippen molar-refractivity contribution in [2.45, 2.75) is 32.6 Å². The standard InChI is InChI=1S/C19H17F4N5O2/c1-11(19(21,22)23)6-17(29)14-9-25-28-5-4-27(10-16(14)28)18(30)26-13-2-3-15(20)12(7-13)8-24/h2-3,7,9,11H,4-6,10H2,1H3,(H,26,30)/t11-/m0/s1. The van der Waals surface area contributed by atoms with Crippen LogP contribution in [0.1, 0.15) is 35.0 Å². The summed E-state index contributed by atoms with van der Waals surface area (Å²) >= 11 is 0. The molecule has 2 amide bonds. The molecule has 0 unspecified atom stereocenters. The van der Waals surface area contributed by atoms with Crippen molar-refractivity contribution < 1.29 is 27.2 Å². The van der Waals surface area contributed by atoms with Crippen molar-refractivity contribution in [3.63, 3.8) is 0 Å². The molecule has 30 heavy (non-hydrogen) atoms. The fourth-order valence-electron chi connectivity index (χ4n) is 3.05. The van der Waals surface area contributed by atoms with E-state index in [4.69, 9.17) is 5.26 Å².